The summed E-state index contributed by atoms with van der Waals surface area (Å²) < 4.78 is 0. The van der Waals surface area contributed by atoms with Crippen molar-refractivity contribution >= 4 is 17.7 Å². The first-order valence-corrected chi connectivity index (χ1v) is 15.3. The molecule has 2 rings (SSSR count). The van der Waals surface area contributed by atoms with Crippen LogP contribution in [0.2, 0.25) is 0 Å². The van der Waals surface area contributed by atoms with E-state index in [4.69, 9.17) is 0 Å². The first kappa shape index (κ1) is 33.4. The summed E-state index contributed by atoms with van der Waals surface area (Å²) in [6.45, 7) is 25.5. The van der Waals surface area contributed by atoms with Crippen molar-refractivity contribution in [3.8, 4) is 0 Å². The molecule has 1 fully saturated rings. The van der Waals surface area contributed by atoms with E-state index in [2.05, 4.69) is 86.7 Å². The minimum atomic E-state index is -0.458. The number of fused-ring (bicyclic) bond motifs is 2. The second-order valence-corrected chi connectivity index (χ2v) is 15.5. The maximum atomic E-state index is 13.7. The highest BCUT2D eigenvalue weighted by Gasteiger charge is 2.44. The highest BCUT2D eigenvalue weighted by Crippen LogP contribution is 2.43. The van der Waals surface area contributed by atoms with Crippen molar-refractivity contribution in [1.82, 2.24) is 15.1 Å². The van der Waals surface area contributed by atoms with E-state index in [0.29, 0.717) is 43.8 Å². The van der Waals surface area contributed by atoms with Crippen molar-refractivity contribution in [2.24, 2.45) is 28.6 Å². The van der Waals surface area contributed by atoms with E-state index in [0.717, 1.165) is 12.8 Å². The molecule has 0 aliphatic heterocycles. The summed E-state index contributed by atoms with van der Waals surface area (Å²) in [6.07, 6.45) is 9.61. The van der Waals surface area contributed by atoms with Gasteiger partial charge in [-0.1, -0.05) is 53.7 Å². The van der Waals surface area contributed by atoms with Gasteiger partial charge in [0, 0.05) is 50.0 Å². The van der Waals surface area contributed by atoms with Crippen molar-refractivity contribution in [1.29, 1.82) is 0 Å². The Hall–Kier alpha value is -1.85. The molecule has 0 aromatic rings. The Morgan fingerprint density at radius 3 is 1.90 bits per heavy atom. The largest absolute Gasteiger partial charge is 0.356 e. The number of allylic oxidation sites excluding steroid dienone is 2. The SMILES string of the molecule is CCC(=O)N(CCC(C)(C)C(C)(C)N(CCC(C)(C)C)C(=O)CCC(=O)NCC1CC2C=CC1C2)C(C)(C)C. The molecule has 39 heavy (non-hydrogen) atoms. The number of nitrogens with one attached hydrogen (secondary N) is 1. The van der Waals surface area contributed by atoms with Gasteiger partial charge in [-0.3, -0.25) is 14.4 Å². The monoisotopic (exact) mass is 545 g/mol. The molecule has 0 spiro atoms. The van der Waals surface area contributed by atoms with Gasteiger partial charge in [-0.05, 0) is 88.9 Å². The van der Waals surface area contributed by atoms with Crippen LogP contribution in [-0.4, -0.2) is 58.2 Å². The van der Waals surface area contributed by atoms with Gasteiger partial charge >= 0.3 is 0 Å². The zero-order valence-electron chi connectivity index (χ0n) is 27.1. The summed E-state index contributed by atoms with van der Waals surface area (Å²) >= 11 is 0. The van der Waals surface area contributed by atoms with E-state index < -0.39 is 5.54 Å². The molecular weight excluding hydrogens is 486 g/mol. The lowest BCUT2D eigenvalue weighted by Gasteiger charge is -2.51. The zero-order chi connectivity index (χ0) is 29.8. The van der Waals surface area contributed by atoms with Gasteiger partial charge in [0.1, 0.15) is 0 Å². The summed E-state index contributed by atoms with van der Waals surface area (Å²) in [6, 6.07) is 0. The van der Waals surface area contributed by atoms with Crippen LogP contribution in [0.4, 0.5) is 0 Å². The Bertz CT molecular complexity index is 891. The van der Waals surface area contributed by atoms with E-state index in [9.17, 15) is 14.4 Å². The predicted octanol–water partition coefficient (Wildman–Crippen LogP) is 6.59. The summed E-state index contributed by atoms with van der Waals surface area (Å²) in [7, 11) is 0. The van der Waals surface area contributed by atoms with Crippen LogP contribution in [0.1, 0.15) is 121 Å². The van der Waals surface area contributed by atoms with Gasteiger partial charge in [-0.2, -0.15) is 0 Å². The topological polar surface area (TPSA) is 69.7 Å². The summed E-state index contributed by atoms with van der Waals surface area (Å²) in [5.41, 5.74) is -0.881. The third-order valence-electron chi connectivity index (χ3n) is 9.63. The van der Waals surface area contributed by atoms with Crippen molar-refractivity contribution in [2.75, 3.05) is 19.6 Å². The van der Waals surface area contributed by atoms with Gasteiger partial charge in [0.2, 0.25) is 17.7 Å². The van der Waals surface area contributed by atoms with Crippen LogP contribution in [0.25, 0.3) is 0 Å². The Balaban J connectivity index is 2.07. The molecular formula is C33H59N3O3. The van der Waals surface area contributed by atoms with Gasteiger partial charge in [-0.15, -0.1) is 0 Å². The molecule has 0 aromatic heterocycles. The van der Waals surface area contributed by atoms with Crippen LogP contribution in [0.5, 0.6) is 0 Å². The standard InChI is InChI=1S/C33H59N3O3/c1-12-28(38)35(31(5,6)7)20-18-32(8,9)33(10,11)36(19-17-30(2,3)4)29(39)16-15-27(37)34-23-26-22-24-13-14-25(26)21-24/h13-14,24-26H,12,15-23H2,1-11H3,(H,34,37). The van der Waals surface area contributed by atoms with Crippen molar-refractivity contribution < 1.29 is 14.4 Å². The highest BCUT2D eigenvalue weighted by molar-refractivity contribution is 5.84. The average molecular weight is 546 g/mol. The highest BCUT2D eigenvalue weighted by atomic mass is 16.2. The lowest BCUT2D eigenvalue weighted by Crippen LogP contribution is -2.58. The van der Waals surface area contributed by atoms with Crippen molar-refractivity contribution in [3.63, 3.8) is 0 Å². The molecule has 224 valence electrons. The number of amides is 3. The predicted molar refractivity (Wildman–Crippen MR) is 161 cm³/mol. The van der Waals surface area contributed by atoms with Gasteiger partial charge < -0.3 is 15.1 Å². The fraction of sp³-hybridized carbons (Fsp3) is 0.848. The molecule has 2 aliphatic rings. The fourth-order valence-electron chi connectivity index (χ4n) is 6.07. The van der Waals surface area contributed by atoms with Gasteiger partial charge in [0.05, 0.1) is 0 Å². The molecule has 3 amide bonds. The Labute approximate surface area is 239 Å². The molecule has 3 atom stereocenters. The maximum absolute atomic E-state index is 13.7. The van der Waals surface area contributed by atoms with Gasteiger partial charge in [0.25, 0.3) is 0 Å². The van der Waals surface area contributed by atoms with E-state index in [1.807, 2.05) is 16.7 Å². The van der Waals surface area contributed by atoms with Gasteiger partial charge in [-0.25, -0.2) is 0 Å². The number of carbonyl (C=O) groups is 3. The summed E-state index contributed by atoms with van der Waals surface area (Å²) in [5, 5.41) is 3.11. The molecule has 1 N–H and O–H groups in total. The Morgan fingerprint density at radius 2 is 1.41 bits per heavy atom. The second kappa shape index (κ2) is 12.8. The quantitative estimate of drug-likeness (QED) is 0.265. The maximum Gasteiger partial charge on any atom is 0.223 e. The van der Waals surface area contributed by atoms with Crippen molar-refractivity contribution in [2.45, 2.75) is 132 Å². The van der Waals surface area contributed by atoms with E-state index in [-0.39, 0.29) is 46.9 Å². The zero-order valence-corrected chi connectivity index (χ0v) is 27.1. The van der Waals surface area contributed by atoms with Crippen LogP contribution in [0.3, 0.4) is 0 Å². The number of nitrogens with zero attached hydrogens (tertiary/aromatic N) is 2. The smallest absolute Gasteiger partial charge is 0.223 e. The van der Waals surface area contributed by atoms with Crippen molar-refractivity contribution in [3.05, 3.63) is 12.2 Å². The molecule has 6 heteroatoms. The molecule has 1 saturated carbocycles. The van der Waals surface area contributed by atoms with Crippen LogP contribution in [0, 0.1) is 28.6 Å². The molecule has 0 aromatic carbocycles. The molecule has 0 radical (unpaired) electrons. The van der Waals surface area contributed by atoms with Crippen LogP contribution >= 0.6 is 0 Å². The third kappa shape index (κ3) is 9.08. The van der Waals surface area contributed by atoms with Crippen LogP contribution in [-0.2, 0) is 14.4 Å². The second-order valence-electron chi connectivity index (χ2n) is 15.5. The number of carbonyl (C=O) groups excluding carboxylic acids is 3. The number of hydrogen-bond donors (Lipinski definition) is 1. The first-order valence-electron chi connectivity index (χ1n) is 15.3. The third-order valence-corrected chi connectivity index (χ3v) is 9.63. The first-order chi connectivity index (χ1) is 17.8. The lowest BCUT2D eigenvalue weighted by atomic mass is 9.70. The lowest BCUT2D eigenvalue weighted by molar-refractivity contribution is -0.145. The molecule has 2 aliphatic carbocycles. The Kier molecular flexibility index (Phi) is 10.9. The fourth-order valence-corrected chi connectivity index (χ4v) is 6.07. The van der Waals surface area contributed by atoms with E-state index >= 15 is 0 Å². The summed E-state index contributed by atoms with van der Waals surface area (Å²) in [5.74, 6) is 2.00. The van der Waals surface area contributed by atoms with Gasteiger partial charge in [0.15, 0.2) is 0 Å². The number of hydrogen-bond acceptors (Lipinski definition) is 3. The van der Waals surface area contributed by atoms with E-state index in [1.165, 1.54) is 12.8 Å². The minimum Gasteiger partial charge on any atom is -0.356 e. The molecule has 3 unspecified atom stereocenters. The summed E-state index contributed by atoms with van der Waals surface area (Å²) in [4.78, 5) is 43.2. The molecule has 0 heterocycles. The van der Waals surface area contributed by atoms with Crippen LogP contribution < -0.4 is 5.32 Å². The average Bonchev–Trinajstić information content (AvgIpc) is 3.43. The van der Waals surface area contributed by atoms with Crippen LogP contribution in [0.15, 0.2) is 12.2 Å². The normalized spacial score (nSPS) is 21.3. The minimum absolute atomic E-state index is 0.0261. The molecule has 2 bridgehead atoms. The molecule has 6 nitrogen and oxygen atoms in total. The van der Waals surface area contributed by atoms with E-state index in [1.54, 1.807) is 0 Å². The molecule has 0 saturated heterocycles. The Morgan fingerprint density at radius 1 is 0.795 bits per heavy atom. The number of rotatable bonds is 13.